The van der Waals surface area contributed by atoms with E-state index in [1.807, 2.05) is 18.2 Å². The Labute approximate surface area is 145 Å². The zero-order chi connectivity index (χ0) is 17.8. The number of aromatic nitrogens is 2. The number of benzene rings is 2. The fraction of sp³-hybridized carbons (Fsp3) is 0.263. The molecule has 2 N–H and O–H groups in total. The molecule has 0 bridgehead atoms. The molecule has 0 aliphatic rings. The van der Waals surface area contributed by atoms with E-state index in [-0.39, 0.29) is 12.5 Å². The van der Waals surface area contributed by atoms with Gasteiger partial charge in [-0.2, -0.15) is 0 Å². The number of aromatic amines is 1. The van der Waals surface area contributed by atoms with Gasteiger partial charge in [0.05, 0.1) is 11.0 Å². The molecule has 0 fully saturated rings. The second-order valence-electron chi connectivity index (χ2n) is 6.15. The number of nitrogens with one attached hydrogen (secondary N) is 2. The first-order valence-corrected chi connectivity index (χ1v) is 8.15. The second kappa shape index (κ2) is 7.34. The van der Waals surface area contributed by atoms with Crippen LogP contribution in [0.15, 0.2) is 42.5 Å². The third-order valence-electron chi connectivity index (χ3n) is 3.77. The molecular weight excluding hydrogens is 321 g/mol. The molecule has 1 aromatic heterocycles. The molecule has 0 spiro atoms. The zero-order valence-corrected chi connectivity index (χ0v) is 14.2. The van der Waals surface area contributed by atoms with Crippen LogP contribution in [0.4, 0.5) is 4.39 Å². The minimum absolute atomic E-state index is 0.159. The zero-order valence-electron chi connectivity index (χ0n) is 14.2. The van der Waals surface area contributed by atoms with E-state index < -0.39 is 5.82 Å². The SMILES string of the molecule is CC(C)c1nc2ccc(CNC(=O)COc3cccc(F)c3)cc2[nH]1. The van der Waals surface area contributed by atoms with Gasteiger partial charge in [0.2, 0.25) is 0 Å². The molecule has 130 valence electrons. The van der Waals surface area contributed by atoms with Crippen LogP contribution in [0.1, 0.15) is 31.2 Å². The smallest absolute Gasteiger partial charge is 0.258 e. The summed E-state index contributed by atoms with van der Waals surface area (Å²) >= 11 is 0. The van der Waals surface area contributed by atoms with E-state index in [0.717, 1.165) is 22.4 Å². The number of rotatable bonds is 6. The van der Waals surface area contributed by atoms with E-state index in [1.165, 1.54) is 18.2 Å². The molecule has 0 saturated heterocycles. The summed E-state index contributed by atoms with van der Waals surface area (Å²) in [6.45, 7) is 4.39. The van der Waals surface area contributed by atoms with Crippen molar-refractivity contribution in [1.82, 2.24) is 15.3 Å². The largest absolute Gasteiger partial charge is 0.484 e. The van der Waals surface area contributed by atoms with Crippen molar-refractivity contribution in [3.8, 4) is 5.75 Å². The van der Waals surface area contributed by atoms with Crippen molar-refractivity contribution < 1.29 is 13.9 Å². The molecule has 1 amide bonds. The van der Waals surface area contributed by atoms with E-state index in [1.54, 1.807) is 6.07 Å². The van der Waals surface area contributed by atoms with Crippen molar-refractivity contribution in [2.45, 2.75) is 26.3 Å². The van der Waals surface area contributed by atoms with Crippen LogP contribution in [0.5, 0.6) is 5.75 Å². The van der Waals surface area contributed by atoms with Gasteiger partial charge in [0.1, 0.15) is 17.4 Å². The third-order valence-corrected chi connectivity index (χ3v) is 3.77. The maximum atomic E-state index is 13.1. The lowest BCUT2D eigenvalue weighted by molar-refractivity contribution is -0.123. The Morgan fingerprint density at radius 1 is 1.28 bits per heavy atom. The predicted molar refractivity (Wildman–Crippen MR) is 93.9 cm³/mol. The van der Waals surface area contributed by atoms with Crippen molar-refractivity contribution >= 4 is 16.9 Å². The molecule has 0 saturated carbocycles. The molecule has 6 heteroatoms. The van der Waals surface area contributed by atoms with Crippen LogP contribution in [0.3, 0.4) is 0 Å². The van der Waals surface area contributed by atoms with Crippen LogP contribution >= 0.6 is 0 Å². The molecule has 0 radical (unpaired) electrons. The van der Waals surface area contributed by atoms with Crippen LogP contribution in [-0.2, 0) is 11.3 Å². The highest BCUT2D eigenvalue weighted by Gasteiger charge is 2.08. The van der Waals surface area contributed by atoms with Crippen molar-refractivity contribution in [2.75, 3.05) is 6.61 Å². The summed E-state index contributed by atoms with van der Waals surface area (Å²) in [5, 5.41) is 2.79. The summed E-state index contributed by atoms with van der Waals surface area (Å²) in [5.74, 6) is 0.939. The summed E-state index contributed by atoms with van der Waals surface area (Å²) in [7, 11) is 0. The number of nitrogens with zero attached hydrogens (tertiary/aromatic N) is 1. The average Bonchev–Trinajstić information content (AvgIpc) is 3.02. The maximum absolute atomic E-state index is 13.1. The lowest BCUT2D eigenvalue weighted by Gasteiger charge is -2.07. The molecule has 5 nitrogen and oxygen atoms in total. The van der Waals surface area contributed by atoms with Crippen molar-refractivity contribution in [3.05, 3.63) is 59.7 Å². The Bertz CT molecular complexity index is 889. The Balaban J connectivity index is 1.55. The normalized spacial score (nSPS) is 11.0. The molecule has 0 unspecified atom stereocenters. The molecule has 3 aromatic rings. The van der Waals surface area contributed by atoms with Gasteiger partial charge in [-0.15, -0.1) is 0 Å². The van der Waals surface area contributed by atoms with Gasteiger partial charge in [-0.25, -0.2) is 9.37 Å². The maximum Gasteiger partial charge on any atom is 0.258 e. The van der Waals surface area contributed by atoms with E-state index in [4.69, 9.17) is 4.74 Å². The summed E-state index contributed by atoms with van der Waals surface area (Å²) in [6, 6.07) is 11.5. The summed E-state index contributed by atoms with van der Waals surface area (Å²) in [6.07, 6.45) is 0. The van der Waals surface area contributed by atoms with E-state index in [0.29, 0.717) is 18.2 Å². The van der Waals surface area contributed by atoms with Gasteiger partial charge in [0, 0.05) is 18.5 Å². The minimum atomic E-state index is -0.397. The lowest BCUT2D eigenvalue weighted by Crippen LogP contribution is -2.28. The van der Waals surface area contributed by atoms with Crippen molar-refractivity contribution in [2.24, 2.45) is 0 Å². The summed E-state index contributed by atoms with van der Waals surface area (Å²) in [4.78, 5) is 19.7. The highest BCUT2D eigenvalue weighted by molar-refractivity contribution is 5.78. The molecule has 0 aliphatic carbocycles. The van der Waals surface area contributed by atoms with Gasteiger partial charge in [0.25, 0.3) is 5.91 Å². The Morgan fingerprint density at radius 3 is 2.88 bits per heavy atom. The highest BCUT2D eigenvalue weighted by Crippen LogP contribution is 2.18. The number of hydrogen-bond acceptors (Lipinski definition) is 3. The van der Waals surface area contributed by atoms with Gasteiger partial charge >= 0.3 is 0 Å². The summed E-state index contributed by atoms with van der Waals surface area (Å²) < 4.78 is 18.3. The number of carbonyl (C=O) groups is 1. The van der Waals surface area contributed by atoms with Crippen molar-refractivity contribution in [1.29, 1.82) is 0 Å². The number of imidazole rings is 1. The first-order chi connectivity index (χ1) is 12.0. The number of carbonyl (C=O) groups excluding carboxylic acids is 1. The molecule has 2 aromatic carbocycles. The quantitative estimate of drug-likeness (QED) is 0.721. The van der Waals surface area contributed by atoms with Crippen LogP contribution in [0.25, 0.3) is 11.0 Å². The second-order valence-corrected chi connectivity index (χ2v) is 6.15. The number of hydrogen-bond donors (Lipinski definition) is 2. The van der Waals surface area contributed by atoms with Crippen LogP contribution in [-0.4, -0.2) is 22.5 Å². The molecule has 0 aliphatic heterocycles. The fourth-order valence-corrected chi connectivity index (χ4v) is 2.42. The Kier molecular flexibility index (Phi) is 4.97. The third kappa shape index (κ3) is 4.35. The first kappa shape index (κ1) is 17.0. The Hall–Kier alpha value is -2.89. The number of amides is 1. The minimum Gasteiger partial charge on any atom is -0.484 e. The van der Waals surface area contributed by atoms with Gasteiger partial charge in [-0.05, 0) is 29.8 Å². The highest BCUT2D eigenvalue weighted by atomic mass is 19.1. The number of ether oxygens (including phenoxy) is 1. The van der Waals surface area contributed by atoms with E-state index in [9.17, 15) is 9.18 Å². The van der Waals surface area contributed by atoms with Crippen LogP contribution in [0, 0.1) is 5.82 Å². The molecule has 25 heavy (non-hydrogen) atoms. The van der Waals surface area contributed by atoms with Crippen LogP contribution < -0.4 is 10.1 Å². The topological polar surface area (TPSA) is 67.0 Å². The molecule has 3 rings (SSSR count). The Morgan fingerprint density at radius 2 is 2.12 bits per heavy atom. The number of halogens is 1. The molecule has 1 heterocycles. The average molecular weight is 341 g/mol. The van der Waals surface area contributed by atoms with Crippen molar-refractivity contribution in [3.63, 3.8) is 0 Å². The number of fused-ring (bicyclic) bond motifs is 1. The van der Waals surface area contributed by atoms with Gasteiger partial charge in [0.15, 0.2) is 6.61 Å². The number of H-pyrrole nitrogens is 1. The van der Waals surface area contributed by atoms with E-state index >= 15 is 0 Å². The predicted octanol–water partition coefficient (Wildman–Crippen LogP) is 3.52. The standard InChI is InChI=1S/C19H20FN3O2/c1-12(2)19-22-16-7-6-13(8-17(16)23-19)10-21-18(24)11-25-15-5-3-4-14(20)9-15/h3-9,12H,10-11H2,1-2H3,(H,21,24)(H,22,23). The van der Waals surface area contributed by atoms with E-state index in [2.05, 4.69) is 29.1 Å². The van der Waals surface area contributed by atoms with Gasteiger partial charge in [-0.1, -0.05) is 26.0 Å². The molecule has 0 atom stereocenters. The lowest BCUT2D eigenvalue weighted by atomic mass is 10.2. The van der Waals surface area contributed by atoms with Crippen LogP contribution in [0.2, 0.25) is 0 Å². The first-order valence-electron chi connectivity index (χ1n) is 8.15. The fourth-order valence-electron chi connectivity index (χ4n) is 2.42. The molecular formula is C19H20FN3O2. The van der Waals surface area contributed by atoms with Gasteiger partial charge in [-0.3, -0.25) is 4.79 Å². The summed E-state index contributed by atoms with van der Waals surface area (Å²) in [5.41, 5.74) is 2.82. The monoisotopic (exact) mass is 341 g/mol. The van der Waals surface area contributed by atoms with Gasteiger partial charge < -0.3 is 15.0 Å².